The van der Waals surface area contributed by atoms with E-state index in [0.717, 1.165) is 10.4 Å². The van der Waals surface area contributed by atoms with Crippen molar-refractivity contribution >= 4 is 39.0 Å². The van der Waals surface area contributed by atoms with Crippen LogP contribution in [0.1, 0.15) is 5.69 Å². The van der Waals surface area contributed by atoms with Crippen molar-refractivity contribution in [3.63, 3.8) is 0 Å². The Morgan fingerprint density at radius 2 is 1.80 bits per heavy atom. The lowest BCUT2D eigenvalue weighted by Gasteiger charge is -2.07. The van der Waals surface area contributed by atoms with Crippen LogP contribution < -0.4 is 11.1 Å². The molecule has 0 aliphatic heterocycles. The largest absolute Gasteiger partial charge is 0.290 e. The van der Waals surface area contributed by atoms with Gasteiger partial charge in [-0.3, -0.25) is 18.6 Å². The molecule has 0 fully saturated rings. The monoisotopic (exact) mass is 432 g/mol. The van der Waals surface area contributed by atoms with Crippen LogP contribution in [0.2, 0.25) is 0 Å². The minimum atomic E-state index is -0.126. The van der Waals surface area contributed by atoms with Gasteiger partial charge in [-0.25, -0.2) is 9.97 Å². The summed E-state index contributed by atoms with van der Waals surface area (Å²) in [6, 6.07) is 18.8. The van der Waals surface area contributed by atoms with E-state index in [2.05, 4.69) is 4.98 Å². The number of thiophene rings is 1. The molecule has 0 saturated heterocycles. The molecule has 0 atom stereocenters. The number of nitrogens with zero attached hydrogens (tertiary/aromatic N) is 4. The van der Waals surface area contributed by atoms with Crippen LogP contribution in [0.25, 0.3) is 26.3 Å². The molecule has 0 N–H and O–H groups in total. The highest BCUT2D eigenvalue weighted by Gasteiger charge is 2.14. The SMILES string of the molecule is Cn1c(SCc2cc(=O)n3ccccc3n2)nc2sc(-c3ccccc3)cc2c1=O. The minimum absolute atomic E-state index is 0.0764. The van der Waals surface area contributed by atoms with E-state index >= 15 is 0 Å². The maximum Gasteiger partial charge on any atom is 0.262 e. The average Bonchev–Trinajstić information content (AvgIpc) is 3.20. The molecule has 0 aliphatic carbocycles. The van der Waals surface area contributed by atoms with Crippen molar-refractivity contribution in [1.82, 2.24) is 18.9 Å². The lowest BCUT2D eigenvalue weighted by atomic mass is 10.2. The molecule has 8 heteroatoms. The Kier molecular flexibility index (Phi) is 4.72. The highest BCUT2D eigenvalue weighted by atomic mass is 32.2. The van der Waals surface area contributed by atoms with Crippen LogP contribution in [0.15, 0.2) is 81.6 Å². The maximum atomic E-state index is 12.9. The summed E-state index contributed by atoms with van der Waals surface area (Å²) in [5, 5.41) is 1.22. The van der Waals surface area contributed by atoms with E-state index in [4.69, 9.17) is 4.98 Å². The maximum absolute atomic E-state index is 12.9. The van der Waals surface area contributed by atoms with E-state index in [0.29, 0.717) is 32.5 Å². The van der Waals surface area contributed by atoms with Crippen LogP contribution in [0.4, 0.5) is 0 Å². The first-order valence-electron chi connectivity index (χ1n) is 9.26. The zero-order valence-electron chi connectivity index (χ0n) is 16.0. The standard InChI is InChI=1S/C22H16N4O2S2/c1-25-21(28)16-12-17(14-7-3-2-4-8-14)30-20(16)24-22(25)29-13-15-11-19(27)26-10-6-5-9-18(26)23-15/h2-12H,13H2,1H3. The molecule has 0 aliphatic rings. The Morgan fingerprint density at radius 1 is 1.00 bits per heavy atom. The lowest BCUT2D eigenvalue weighted by molar-refractivity contribution is 0.727. The quantitative estimate of drug-likeness (QED) is 0.318. The third kappa shape index (κ3) is 3.34. The smallest absolute Gasteiger partial charge is 0.262 e. The van der Waals surface area contributed by atoms with E-state index in [-0.39, 0.29) is 11.1 Å². The fraction of sp³-hybridized carbons (Fsp3) is 0.0909. The predicted molar refractivity (Wildman–Crippen MR) is 121 cm³/mol. The number of rotatable bonds is 4. The highest BCUT2D eigenvalue weighted by Crippen LogP contribution is 2.32. The second kappa shape index (κ2) is 7.55. The third-order valence-corrected chi connectivity index (χ3v) is 6.90. The van der Waals surface area contributed by atoms with Crippen molar-refractivity contribution in [3.8, 4) is 10.4 Å². The lowest BCUT2D eigenvalue weighted by Crippen LogP contribution is -2.19. The van der Waals surface area contributed by atoms with Crippen molar-refractivity contribution in [1.29, 1.82) is 0 Å². The van der Waals surface area contributed by atoms with Gasteiger partial charge in [-0.15, -0.1) is 11.3 Å². The summed E-state index contributed by atoms with van der Waals surface area (Å²) in [6.45, 7) is 0. The summed E-state index contributed by atoms with van der Waals surface area (Å²) in [5.41, 5.74) is 2.12. The van der Waals surface area contributed by atoms with Gasteiger partial charge in [0.2, 0.25) is 0 Å². The third-order valence-electron chi connectivity index (χ3n) is 4.76. The average molecular weight is 433 g/mol. The van der Waals surface area contributed by atoms with E-state index in [1.165, 1.54) is 33.6 Å². The second-order valence-electron chi connectivity index (χ2n) is 6.76. The molecule has 4 heterocycles. The van der Waals surface area contributed by atoms with Crippen LogP contribution in [0.3, 0.4) is 0 Å². The van der Waals surface area contributed by atoms with E-state index < -0.39 is 0 Å². The molecule has 5 aromatic rings. The van der Waals surface area contributed by atoms with Crippen molar-refractivity contribution in [2.75, 3.05) is 0 Å². The van der Waals surface area contributed by atoms with Gasteiger partial charge in [-0.2, -0.15) is 0 Å². The number of hydrogen-bond donors (Lipinski definition) is 0. The first-order valence-corrected chi connectivity index (χ1v) is 11.1. The Labute approximate surface area is 179 Å². The summed E-state index contributed by atoms with van der Waals surface area (Å²) in [7, 11) is 1.72. The van der Waals surface area contributed by atoms with Crippen LogP contribution in [0, 0.1) is 0 Å². The normalized spacial score (nSPS) is 11.4. The molecule has 0 spiro atoms. The summed E-state index contributed by atoms with van der Waals surface area (Å²) >= 11 is 2.91. The molecule has 0 unspecified atom stereocenters. The molecule has 6 nitrogen and oxygen atoms in total. The number of aromatic nitrogens is 4. The summed E-state index contributed by atoms with van der Waals surface area (Å²) in [6.07, 6.45) is 1.70. The number of benzene rings is 1. The van der Waals surface area contributed by atoms with Crippen LogP contribution in [-0.2, 0) is 12.8 Å². The summed E-state index contributed by atoms with van der Waals surface area (Å²) < 4.78 is 3.06. The Balaban J connectivity index is 1.50. The van der Waals surface area contributed by atoms with Gasteiger partial charge in [0.05, 0.1) is 11.1 Å². The molecule has 4 aromatic heterocycles. The van der Waals surface area contributed by atoms with Gasteiger partial charge in [0.1, 0.15) is 10.5 Å². The molecular formula is C22H16N4O2S2. The van der Waals surface area contributed by atoms with Crippen LogP contribution in [0.5, 0.6) is 0 Å². The number of hydrogen-bond acceptors (Lipinski definition) is 6. The van der Waals surface area contributed by atoms with Crippen molar-refractivity contribution in [3.05, 3.63) is 93.3 Å². The Bertz CT molecular complexity index is 1500. The van der Waals surface area contributed by atoms with Gasteiger partial charge in [0.25, 0.3) is 11.1 Å². The Morgan fingerprint density at radius 3 is 2.63 bits per heavy atom. The summed E-state index contributed by atoms with van der Waals surface area (Å²) in [5.74, 6) is 0.448. The van der Waals surface area contributed by atoms with Gasteiger partial charge < -0.3 is 0 Å². The van der Waals surface area contributed by atoms with Crippen molar-refractivity contribution in [2.45, 2.75) is 10.9 Å². The zero-order valence-corrected chi connectivity index (χ0v) is 17.6. The van der Waals surface area contributed by atoms with Crippen LogP contribution >= 0.6 is 23.1 Å². The molecular weight excluding hydrogens is 416 g/mol. The zero-order chi connectivity index (χ0) is 20.7. The Hall–Kier alpha value is -3.23. The fourth-order valence-corrected chi connectivity index (χ4v) is 5.18. The van der Waals surface area contributed by atoms with Gasteiger partial charge in [-0.05, 0) is 23.8 Å². The predicted octanol–water partition coefficient (Wildman–Crippen LogP) is 3.96. The molecule has 0 saturated carbocycles. The van der Waals surface area contributed by atoms with Gasteiger partial charge in [0.15, 0.2) is 5.16 Å². The molecule has 0 amide bonds. The molecule has 1 aromatic carbocycles. The molecule has 0 bridgehead atoms. The van der Waals surface area contributed by atoms with Gasteiger partial charge >= 0.3 is 0 Å². The van der Waals surface area contributed by atoms with E-state index in [1.54, 1.807) is 29.9 Å². The summed E-state index contributed by atoms with van der Waals surface area (Å²) in [4.78, 5) is 36.2. The van der Waals surface area contributed by atoms with Crippen molar-refractivity contribution < 1.29 is 0 Å². The first kappa shape index (κ1) is 18.8. The topological polar surface area (TPSA) is 69.3 Å². The first-order chi connectivity index (χ1) is 14.6. The number of thioether (sulfide) groups is 1. The molecule has 30 heavy (non-hydrogen) atoms. The second-order valence-corrected chi connectivity index (χ2v) is 8.73. The van der Waals surface area contributed by atoms with Gasteiger partial charge in [-0.1, -0.05) is 48.2 Å². The molecule has 148 valence electrons. The van der Waals surface area contributed by atoms with E-state index in [1.807, 2.05) is 42.5 Å². The number of pyridine rings is 1. The highest BCUT2D eigenvalue weighted by molar-refractivity contribution is 7.98. The fourth-order valence-electron chi connectivity index (χ4n) is 3.24. The van der Waals surface area contributed by atoms with Gasteiger partial charge in [0, 0.05) is 29.9 Å². The van der Waals surface area contributed by atoms with E-state index in [9.17, 15) is 9.59 Å². The minimum Gasteiger partial charge on any atom is -0.290 e. The van der Waals surface area contributed by atoms with Crippen molar-refractivity contribution in [2.24, 2.45) is 7.05 Å². The number of fused-ring (bicyclic) bond motifs is 2. The van der Waals surface area contributed by atoms with Crippen LogP contribution in [-0.4, -0.2) is 18.9 Å². The molecule has 0 radical (unpaired) electrons. The molecule has 5 rings (SSSR count).